The smallest absolute Gasteiger partial charge is 0.321 e. The Hall–Kier alpha value is -2.04. The summed E-state index contributed by atoms with van der Waals surface area (Å²) in [5, 5.41) is 6.06. The molecular formula is C21H33N3O2. The minimum atomic E-state index is -0.0860. The van der Waals surface area contributed by atoms with Gasteiger partial charge in [-0.3, -0.25) is 4.79 Å². The Morgan fingerprint density at radius 3 is 2.35 bits per heavy atom. The zero-order chi connectivity index (χ0) is 18.9. The van der Waals surface area contributed by atoms with Crippen molar-refractivity contribution in [1.29, 1.82) is 0 Å². The van der Waals surface area contributed by atoms with Gasteiger partial charge in [-0.2, -0.15) is 0 Å². The predicted octanol–water partition coefficient (Wildman–Crippen LogP) is 4.26. The lowest BCUT2D eigenvalue weighted by atomic mass is 9.95. The molecule has 1 aliphatic rings. The number of urea groups is 1. The molecular weight excluding hydrogens is 326 g/mol. The first-order chi connectivity index (χ1) is 12.5. The largest absolute Gasteiger partial charge is 0.353 e. The fourth-order valence-electron chi connectivity index (χ4n) is 3.33. The third-order valence-electron chi connectivity index (χ3n) is 4.99. The first kappa shape index (κ1) is 20.3. The van der Waals surface area contributed by atoms with Gasteiger partial charge in [-0.1, -0.05) is 44.9 Å². The Labute approximate surface area is 157 Å². The van der Waals surface area contributed by atoms with E-state index in [0.29, 0.717) is 19.0 Å². The van der Waals surface area contributed by atoms with Crippen LogP contribution < -0.4 is 10.6 Å². The summed E-state index contributed by atoms with van der Waals surface area (Å²) in [5.74, 6) is 0.873. The molecule has 3 amide bonds. The second-order valence-corrected chi connectivity index (χ2v) is 7.79. The summed E-state index contributed by atoms with van der Waals surface area (Å²) in [6, 6.07) is 9.60. The Morgan fingerprint density at radius 2 is 1.73 bits per heavy atom. The maximum Gasteiger partial charge on any atom is 0.321 e. The van der Waals surface area contributed by atoms with Gasteiger partial charge >= 0.3 is 6.03 Å². The lowest BCUT2D eigenvalue weighted by molar-refractivity contribution is -0.126. The van der Waals surface area contributed by atoms with Gasteiger partial charge in [0.15, 0.2) is 0 Å². The molecule has 2 rings (SSSR count). The van der Waals surface area contributed by atoms with Crippen LogP contribution in [0, 0.1) is 11.8 Å². The van der Waals surface area contributed by atoms with E-state index in [1.54, 1.807) is 4.90 Å². The van der Waals surface area contributed by atoms with Crippen molar-refractivity contribution in [2.45, 2.75) is 58.9 Å². The van der Waals surface area contributed by atoms with E-state index in [9.17, 15) is 9.59 Å². The standard InChI is InChI=1S/C21H33N3O2/c1-16(2)8-7-9-17(3)22-20(25)18-12-14-24(15-13-18)21(26)23-19-10-5-4-6-11-19/h4-6,10-11,16-18H,7-9,12-15H2,1-3H3,(H,22,25)(H,23,26). The van der Waals surface area contributed by atoms with Gasteiger partial charge in [0.25, 0.3) is 0 Å². The average Bonchev–Trinajstić information content (AvgIpc) is 2.62. The number of amides is 3. The van der Waals surface area contributed by atoms with Crippen LogP contribution >= 0.6 is 0 Å². The van der Waals surface area contributed by atoms with Crippen molar-refractivity contribution in [3.05, 3.63) is 30.3 Å². The Morgan fingerprint density at radius 1 is 1.08 bits per heavy atom. The van der Waals surface area contributed by atoms with Crippen molar-refractivity contribution in [2.75, 3.05) is 18.4 Å². The number of nitrogens with zero attached hydrogens (tertiary/aromatic N) is 1. The maximum absolute atomic E-state index is 12.4. The van der Waals surface area contributed by atoms with Crippen LogP contribution in [-0.4, -0.2) is 36.0 Å². The molecule has 1 atom stereocenters. The Bertz CT molecular complexity index is 566. The molecule has 1 fully saturated rings. The molecule has 1 aromatic carbocycles. The molecule has 0 radical (unpaired) electrons. The first-order valence-electron chi connectivity index (χ1n) is 9.87. The monoisotopic (exact) mass is 359 g/mol. The number of hydrogen-bond donors (Lipinski definition) is 2. The molecule has 0 spiro atoms. The highest BCUT2D eigenvalue weighted by molar-refractivity contribution is 5.89. The minimum absolute atomic E-state index is 0.0170. The van der Waals surface area contributed by atoms with Crippen LogP contribution in [-0.2, 0) is 4.79 Å². The molecule has 1 unspecified atom stereocenters. The van der Waals surface area contributed by atoms with Crippen LogP contribution in [0.1, 0.15) is 52.9 Å². The molecule has 1 saturated heterocycles. The van der Waals surface area contributed by atoms with Gasteiger partial charge in [-0.15, -0.1) is 0 Å². The van der Waals surface area contributed by atoms with E-state index in [0.717, 1.165) is 31.4 Å². The van der Waals surface area contributed by atoms with Gasteiger partial charge in [0.1, 0.15) is 0 Å². The van der Waals surface area contributed by atoms with Crippen LogP contribution in [0.4, 0.5) is 10.5 Å². The van der Waals surface area contributed by atoms with Crippen LogP contribution in [0.25, 0.3) is 0 Å². The molecule has 1 aromatic rings. The van der Waals surface area contributed by atoms with Gasteiger partial charge in [-0.25, -0.2) is 4.79 Å². The highest BCUT2D eigenvalue weighted by Gasteiger charge is 2.27. The summed E-state index contributed by atoms with van der Waals surface area (Å²) < 4.78 is 0. The number of piperidine rings is 1. The van der Waals surface area contributed by atoms with Gasteiger partial charge < -0.3 is 15.5 Å². The fourth-order valence-corrected chi connectivity index (χ4v) is 3.33. The van der Waals surface area contributed by atoms with Crippen molar-refractivity contribution in [1.82, 2.24) is 10.2 Å². The summed E-state index contributed by atoms with van der Waals surface area (Å²) in [4.78, 5) is 26.5. The second kappa shape index (κ2) is 10.2. The molecule has 144 valence electrons. The van der Waals surface area contributed by atoms with E-state index >= 15 is 0 Å². The molecule has 0 aromatic heterocycles. The van der Waals surface area contributed by atoms with E-state index in [2.05, 4.69) is 31.4 Å². The number of hydrogen-bond acceptors (Lipinski definition) is 2. The number of para-hydroxylation sites is 1. The topological polar surface area (TPSA) is 61.4 Å². The van der Waals surface area contributed by atoms with Gasteiger partial charge in [0.05, 0.1) is 0 Å². The summed E-state index contributed by atoms with van der Waals surface area (Å²) >= 11 is 0. The van der Waals surface area contributed by atoms with Crippen LogP contribution in [0.15, 0.2) is 30.3 Å². The van der Waals surface area contributed by atoms with Crippen molar-refractivity contribution >= 4 is 17.6 Å². The first-order valence-corrected chi connectivity index (χ1v) is 9.87. The van der Waals surface area contributed by atoms with Gasteiger partial charge in [-0.05, 0) is 44.2 Å². The quantitative estimate of drug-likeness (QED) is 0.764. The molecule has 0 bridgehead atoms. The molecule has 5 heteroatoms. The van der Waals surface area contributed by atoms with Gasteiger partial charge in [0.2, 0.25) is 5.91 Å². The van der Waals surface area contributed by atoms with Gasteiger partial charge in [0, 0.05) is 30.7 Å². The van der Waals surface area contributed by atoms with Crippen molar-refractivity contribution in [2.24, 2.45) is 11.8 Å². The highest BCUT2D eigenvalue weighted by atomic mass is 16.2. The molecule has 5 nitrogen and oxygen atoms in total. The molecule has 1 aliphatic heterocycles. The number of anilines is 1. The zero-order valence-electron chi connectivity index (χ0n) is 16.3. The summed E-state index contributed by atoms with van der Waals surface area (Å²) in [6.45, 7) is 7.79. The van der Waals surface area contributed by atoms with E-state index in [1.165, 1.54) is 6.42 Å². The lowest BCUT2D eigenvalue weighted by Gasteiger charge is -2.32. The summed E-state index contributed by atoms with van der Waals surface area (Å²) in [6.07, 6.45) is 4.84. The average molecular weight is 360 g/mol. The molecule has 2 N–H and O–H groups in total. The number of carbonyl (C=O) groups is 2. The van der Waals surface area contributed by atoms with E-state index in [-0.39, 0.29) is 23.9 Å². The van der Waals surface area contributed by atoms with Crippen LogP contribution in [0.2, 0.25) is 0 Å². The van der Waals surface area contributed by atoms with E-state index in [4.69, 9.17) is 0 Å². The summed E-state index contributed by atoms with van der Waals surface area (Å²) in [5.41, 5.74) is 0.799. The molecule has 0 aliphatic carbocycles. The number of benzene rings is 1. The van der Waals surface area contributed by atoms with E-state index < -0.39 is 0 Å². The molecule has 1 heterocycles. The molecule has 0 saturated carbocycles. The minimum Gasteiger partial charge on any atom is -0.353 e. The highest BCUT2D eigenvalue weighted by Crippen LogP contribution is 2.19. The van der Waals surface area contributed by atoms with Crippen LogP contribution in [0.5, 0.6) is 0 Å². The van der Waals surface area contributed by atoms with Crippen LogP contribution in [0.3, 0.4) is 0 Å². The zero-order valence-corrected chi connectivity index (χ0v) is 16.3. The van der Waals surface area contributed by atoms with Crippen molar-refractivity contribution in [3.8, 4) is 0 Å². The maximum atomic E-state index is 12.4. The second-order valence-electron chi connectivity index (χ2n) is 7.79. The predicted molar refractivity (Wildman–Crippen MR) is 106 cm³/mol. The SMILES string of the molecule is CC(C)CCCC(C)NC(=O)C1CCN(C(=O)Nc2ccccc2)CC1. The number of rotatable bonds is 7. The molecule has 26 heavy (non-hydrogen) atoms. The number of nitrogens with one attached hydrogen (secondary N) is 2. The fraction of sp³-hybridized carbons (Fsp3) is 0.619. The third-order valence-corrected chi connectivity index (χ3v) is 4.99. The normalized spacial score (nSPS) is 16.4. The van der Waals surface area contributed by atoms with Crippen molar-refractivity contribution in [3.63, 3.8) is 0 Å². The van der Waals surface area contributed by atoms with E-state index in [1.807, 2.05) is 30.3 Å². The lowest BCUT2D eigenvalue weighted by Crippen LogP contribution is -2.46. The Balaban J connectivity index is 1.70. The Kier molecular flexibility index (Phi) is 7.95. The van der Waals surface area contributed by atoms with Crippen molar-refractivity contribution < 1.29 is 9.59 Å². The summed E-state index contributed by atoms with van der Waals surface area (Å²) in [7, 11) is 0. The number of likely N-dealkylation sites (tertiary alicyclic amines) is 1. The third kappa shape index (κ3) is 6.70. The number of carbonyl (C=O) groups excluding carboxylic acids is 2.